The molecule has 1 heteroatoms. The molecule has 1 heterocycles. The van der Waals surface area contributed by atoms with Gasteiger partial charge in [0, 0.05) is 4.88 Å². The molecule has 0 aromatic carbocycles. The van der Waals surface area contributed by atoms with E-state index >= 15 is 0 Å². The first-order valence-electron chi connectivity index (χ1n) is 4.20. The molecule has 1 rings (SSSR count). The predicted octanol–water partition coefficient (Wildman–Crippen LogP) is 3.99. The summed E-state index contributed by atoms with van der Waals surface area (Å²) in [6, 6.07) is 2.25. The van der Waals surface area contributed by atoms with Gasteiger partial charge in [-0.25, -0.2) is 0 Å². The van der Waals surface area contributed by atoms with Crippen LogP contribution in [0.2, 0.25) is 0 Å². The smallest absolute Gasteiger partial charge is 0.0105 e. The number of rotatable bonds is 2. The Morgan fingerprint density at radius 3 is 2.09 bits per heavy atom. The van der Waals surface area contributed by atoms with Crippen molar-refractivity contribution in [2.75, 3.05) is 0 Å². The van der Waals surface area contributed by atoms with Crippen molar-refractivity contribution < 1.29 is 0 Å². The topological polar surface area (TPSA) is 0 Å². The average Bonchev–Trinajstić information content (AvgIpc) is 2.32. The first-order chi connectivity index (χ1) is 5.13. The molecule has 0 nitrogen and oxygen atoms in total. The van der Waals surface area contributed by atoms with E-state index in [0.717, 1.165) is 0 Å². The maximum atomic E-state index is 2.26. The summed E-state index contributed by atoms with van der Waals surface area (Å²) in [4.78, 5) is 1.56. The van der Waals surface area contributed by atoms with Gasteiger partial charge >= 0.3 is 0 Å². The van der Waals surface area contributed by atoms with Crippen LogP contribution in [-0.4, -0.2) is 0 Å². The van der Waals surface area contributed by atoms with Crippen molar-refractivity contribution in [1.82, 2.24) is 0 Å². The monoisotopic (exact) mass is 168 g/mol. The first-order valence-corrected chi connectivity index (χ1v) is 5.08. The van der Waals surface area contributed by atoms with Crippen LogP contribution in [0, 0.1) is 0 Å². The summed E-state index contributed by atoms with van der Waals surface area (Å²) in [7, 11) is 0. The molecule has 0 spiro atoms. The fraction of sp³-hybridized carbons (Fsp3) is 0.600. The first kappa shape index (κ1) is 8.79. The molecule has 0 saturated heterocycles. The fourth-order valence-corrected chi connectivity index (χ4v) is 2.35. The molecule has 11 heavy (non-hydrogen) atoms. The van der Waals surface area contributed by atoms with Gasteiger partial charge in [-0.05, 0) is 28.8 Å². The second-order valence-electron chi connectivity index (χ2n) is 3.55. The number of thiophene rings is 1. The van der Waals surface area contributed by atoms with Gasteiger partial charge in [-0.15, -0.1) is 11.3 Å². The minimum Gasteiger partial charge on any atom is -0.148 e. The van der Waals surface area contributed by atoms with Gasteiger partial charge in [0.25, 0.3) is 0 Å². The maximum Gasteiger partial charge on any atom is 0.0105 e. The molecule has 0 amide bonds. The highest BCUT2D eigenvalue weighted by molar-refractivity contribution is 7.10. The van der Waals surface area contributed by atoms with Crippen LogP contribution in [0.1, 0.15) is 50.0 Å². The largest absolute Gasteiger partial charge is 0.148 e. The quantitative estimate of drug-likeness (QED) is 0.626. The highest BCUT2D eigenvalue weighted by Crippen LogP contribution is 2.30. The Balaban J connectivity index is 2.96. The Kier molecular flexibility index (Phi) is 2.72. The zero-order valence-electron chi connectivity index (χ0n) is 7.72. The normalized spacial score (nSPS) is 11.5. The van der Waals surface area contributed by atoms with E-state index in [1.165, 1.54) is 5.56 Å². The Labute approximate surface area is 73.3 Å². The molecule has 1 aromatic heterocycles. The average molecular weight is 168 g/mol. The van der Waals surface area contributed by atoms with E-state index in [4.69, 9.17) is 0 Å². The minimum atomic E-state index is 0.679. The maximum absolute atomic E-state index is 2.26. The van der Waals surface area contributed by atoms with Crippen molar-refractivity contribution in [3.05, 3.63) is 21.9 Å². The van der Waals surface area contributed by atoms with Crippen molar-refractivity contribution in [3.8, 4) is 0 Å². The molecular weight excluding hydrogens is 152 g/mol. The molecule has 0 fully saturated rings. The Morgan fingerprint density at radius 1 is 1.09 bits per heavy atom. The molecule has 0 bridgehead atoms. The summed E-state index contributed by atoms with van der Waals surface area (Å²) in [6.07, 6.45) is 0. The Bertz CT molecular complexity index is 198. The van der Waals surface area contributed by atoms with Crippen LogP contribution in [0.5, 0.6) is 0 Å². The lowest BCUT2D eigenvalue weighted by Gasteiger charge is -2.08. The van der Waals surface area contributed by atoms with Crippen LogP contribution < -0.4 is 0 Å². The molecule has 0 aliphatic carbocycles. The zero-order chi connectivity index (χ0) is 8.43. The van der Waals surface area contributed by atoms with Gasteiger partial charge in [0.1, 0.15) is 0 Å². The van der Waals surface area contributed by atoms with Gasteiger partial charge in [0.15, 0.2) is 0 Å². The second-order valence-corrected chi connectivity index (χ2v) is 4.50. The van der Waals surface area contributed by atoms with Crippen molar-refractivity contribution in [3.63, 3.8) is 0 Å². The van der Waals surface area contributed by atoms with Crippen molar-refractivity contribution in [1.29, 1.82) is 0 Å². The van der Waals surface area contributed by atoms with E-state index in [1.54, 1.807) is 4.88 Å². The molecule has 0 atom stereocenters. The van der Waals surface area contributed by atoms with Crippen LogP contribution >= 0.6 is 11.3 Å². The van der Waals surface area contributed by atoms with Crippen molar-refractivity contribution in [2.24, 2.45) is 0 Å². The van der Waals surface area contributed by atoms with Gasteiger partial charge in [0.2, 0.25) is 0 Å². The number of hydrogen-bond acceptors (Lipinski definition) is 1. The molecule has 0 aliphatic heterocycles. The highest BCUT2D eigenvalue weighted by Gasteiger charge is 2.09. The van der Waals surface area contributed by atoms with Gasteiger partial charge in [-0.2, -0.15) is 0 Å². The van der Waals surface area contributed by atoms with Gasteiger partial charge in [-0.1, -0.05) is 27.7 Å². The van der Waals surface area contributed by atoms with Crippen molar-refractivity contribution in [2.45, 2.75) is 39.5 Å². The van der Waals surface area contributed by atoms with Crippen LogP contribution in [0.15, 0.2) is 11.4 Å². The minimum absolute atomic E-state index is 0.679. The lowest BCUT2D eigenvalue weighted by molar-refractivity contribution is 0.810. The van der Waals surface area contributed by atoms with E-state index in [-0.39, 0.29) is 0 Å². The Morgan fingerprint density at radius 2 is 1.73 bits per heavy atom. The SMILES string of the molecule is CC(C)c1ccsc1C(C)C. The Hall–Kier alpha value is -0.300. The summed E-state index contributed by atoms with van der Waals surface area (Å²) in [5.74, 6) is 1.37. The van der Waals surface area contributed by atoms with E-state index < -0.39 is 0 Å². The van der Waals surface area contributed by atoms with Gasteiger partial charge < -0.3 is 0 Å². The van der Waals surface area contributed by atoms with Crippen LogP contribution in [0.4, 0.5) is 0 Å². The molecule has 0 saturated carbocycles. The molecule has 1 aromatic rings. The highest BCUT2D eigenvalue weighted by atomic mass is 32.1. The van der Waals surface area contributed by atoms with E-state index in [9.17, 15) is 0 Å². The van der Waals surface area contributed by atoms with Gasteiger partial charge in [-0.3, -0.25) is 0 Å². The van der Waals surface area contributed by atoms with E-state index in [2.05, 4.69) is 39.1 Å². The summed E-state index contributed by atoms with van der Waals surface area (Å²) in [5, 5.41) is 2.20. The van der Waals surface area contributed by atoms with Gasteiger partial charge in [0.05, 0.1) is 0 Å². The lowest BCUT2D eigenvalue weighted by Crippen LogP contribution is -1.91. The predicted molar refractivity (Wildman–Crippen MR) is 52.5 cm³/mol. The summed E-state index contributed by atoms with van der Waals surface area (Å²) in [5.41, 5.74) is 1.53. The molecular formula is C10H16S. The zero-order valence-corrected chi connectivity index (χ0v) is 8.53. The molecule has 0 unspecified atom stereocenters. The standard InChI is InChI=1S/C10H16S/c1-7(2)9-5-6-11-10(9)8(3)4/h5-8H,1-4H3. The molecule has 0 radical (unpaired) electrons. The molecule has 0 N–H and O–H groups in total. The fourth-order valence-electron chi connectivity index (χ4n) is 1.28. The van der Waals surface area contributed by atoms with E-state index in [1.807, 2.05) is 11.3 Å². The third-order valence-electron chi connectivity index (χ3n) is 1.87. The van der Waals surface area contributed by atoms with Crippen LogP contribution in [0.25, 0.3) is 0 Å². The third-order valence-corrected chi connectivity index (χ3v) is 3.11. The summed E-state index contributed by atoms with van der Waals surface area (Å²) < 4.78 is 0. The summed E-state index contributed by atoms with van der Waals surface area (Å²) in [6.45, 7) is 9.04. The molecule has 0 aliphatic rings. The van der Waals surface area contributed by atoms with Crippen molar-refractivity contribution >= 4 is 11.3 Å². The number of hydrogen-bond donors (Lipinski definition) is 0. The third kappa shape index (κ3) is 1.84. The second kappa shape index (κ2) is 3.40. The molecule has 62 valence electrons. The summed E-state index contributed by atoms with van der Waals surface area (Å²) >= 11 is 1.89. The van der Waals surface area contributed by atoms with E-state index in [0.29, 0.717) is 11.8 Å². The lowest BCUT2D eigenvalue weighted by atomic mass is 9.99. The van der Waals surface area contributed by atoms with Crippen LogP contribution in [-0.2, 0) is 0 Å². The van der Waals surface area contributed by atoms with Crippen LogP contribution in [0.3, 0.4) is 0 Å².